The summed E-state index contributed by atoms with van der Waals surface area (Å²) in [6.07, 6.45) is 26.7. The fraction of sp³-hybridized carbons (Fsp3) is 0.867. The second-order valence-corrected chi connectivity index (χ2v) is 9.97. The zero-order valence-electron chi connectivity index (χ0n) is 23.1. The summed E-state index contributed by atoms with van der Waals surface area (Å²) < 4.78 is 10.8. The minimum absolute atomic E-state index is 0.0223. The molecule has 2 unspecified atom stereocenters. The number of hydrogen-bond acceptors (Lipinski definition) is 4. The van der Waals surface area contributed by atoms with Gasteiger partial charge in [-0.1, -0.05) is 96.6 Å². The average Bonchev–Trinajstić information content (AvgIpc) is 2.78. The van der Waals surface area contributed by atoms with Gasteiger partial charge in [0.05, 0.1) is 12.2 Å². The third-order valence-corrected chi connectivity index (χ3v) is 6.23. The summed E-state index contributed by atoms with van der Waals surface area (Å²) >= 11 is 0. The molecule has 0 saturated heterocycles. The van der Waals surface area contributed by atoms with Crippen molar-refractivity contribution in [3.8, 4) is 0 Å². The second-order valence-electron chi connectivity index (χ2n) is 9.97. The topological polar surface area (TPSA) is 52.6 Å². The van der Waals surface area contributed by atoms with E-state index in [1.54, 1.807) is 0 Å². The molecule has 0 heterocycles. The highest BCUT2D eigenvalue weighted by Crippen LogP contribution is 2.13. The molecule has 0 amide bonds. The van der Waals surface area contributed by atoms with Crippen LogP contribution in [0.1, 0.15) is 156 Å². The lowest BCUT2D eigenvalue weighted by Crippen LogP contribution is -2.14. The average molecular weight is 481 g/mol. The summed E-state index contributed by atoms with van der Waals surface area (Å²) in [5, 5.41) is 0. The predicted octanol–water partition coefficient (Wildman–Crippen LogP) is 9.25. The van der Waals surface area contributed by atoms with Crippen LogP contribution in [0.2, 0.25) is 0 Å². The Kier molecular flexibility index (Phi) is 23.8. The van der Waals surface area contributed by atoms with Crippen molar-refractivity contribution >= 4 is 11.9 Å². The van der Waals surface area contributed by atoms with Gasteiger partial charge in [-0.3, -0.25) is 9.59 Å². The zero-order valence-corrected chi connectivity index (χ0v) is 23.1. The molecule has 0 radical (unpaired) electrons. The quantitative estimate of drug-likeness (QED) is 0.0784. The molecule has 0 saturated carbocycles. The van der Waals surface area contributed by atoms with Gasteiger partial charge in [-0.2, -0.15) is 0 Å². The molecule has 0 aliphatic rings. The number of rotatable bonds is 24. The largest absolute Gasteiger partial charge is 0.463 e. The number of allylic oxidation sites excluding steroid dienone is 2. The van der Waals surface area contributed by atoms with Gasteiger partial charge in [0.25, 0.3) is 0 Å². The van der Waals surface area contributed by atoms with Gasteiger partial charge >= 0.3 is 11.9 Å². The minimum atomic E-state index is -0.0520. The van der Waals surface area contributed by atoms with E-state index in [0.717, 1.165) is 57.8 Å². The first-order chi connectivity index (χ1) is 16.5. The number of ether oxygens (including phenoxy) is 2. The molecule has 0 aromatic heterocycles. The molecule has 4 nitrogen and oxygen atoms in total. The molecule has 0 aliphatic heterocycles. The van der Waals surface area contributed by atoms with E-state index in [0.29, 0.717) is 12.8 Å². The number of esters is 2. The van der Waals surface area contributed by atoms with E-state index in [9.17, 15) is 9.59 Å². The van der Waals surface area contributed by atoms with Crippen molar-refractivity contribution in [3.63, 3.8) is 0 Å². The van der Waals surface area contributed by atoms with Crippen LogP contribution in [0.15, 0.2) is 12.2 Å². The lowest BCUT2D eigenvalue weighted by atomic mass is 10.0. The Bertz CT molecular complexity index is 500. The van der Waals surface area contributed by atoms with E-state index in [-0.39, 0.29) is 24.1 Å². The molecule has 0 spiro atoms. The van der Waals surface area contributed by atoms with Gasteiger partial charge in [0.2, 0.25) is 0 Å². The van der Waals surface area contributed by atoms with Crippen molar-refractivity contribution < 1.29 is 19.1 Å². The third kappa shape index (κ3) is 23.8. The maximum atomic E-state index is 11.7. The number of hydrogen-bond donors (Lipinski definition) is 0. The maximum Gasteiger partial charge on any atom is 0.306 e. The molecule has 0 fully saturated rings. The van der Waals surface area contributed by atoms with Crippen LogP contribution in [0, 0.1) is 0 Å². The number of unbranched alkanes of at least 4 members (excludes halogenated alkanes) is 12. The van der Waals surface area contributed by atoms with Crippen molar-refractivity contribution in [1.29, 1.82) is 0 Å². The fourth-order valence-electron chi connectivity index (χ4n) is 4.22. The van der Waals surface area contributed by atoms with E-state index < -0.39 is 0 Å². The van der Waals surface area contributed by atoms with Gasteiger partial charge in [0.15, 0.2) is 0 Å². The fourth-order valence-corrected chi connectivity index (χ4v) is 4.22. The molecular weight excluding hydrogens is 424 g/mol. The zero-order chi connectivity index (χ0) is 25.3. The molecular formula is C30H56O4. The summed E-state index contributed by atoms with van der Waals surface area (Å²) in [6, 6.07) is 0. The highest BCUT2D eigenvalue weighted by molar-refractivity contribution is 5.69. The van der Waals surface area contributed by atoms with Crippen LogP contribution in [0.3, 0.4) is 0 Å². The van der Waals surface area contributed by atoms with Crippen molar-refractivity contribution in [3.05, 3.63) is 12.2 Å². The van der Waals surface area contributed by atoms with Crippen LogP contribution in [0.5, 0.6) is 0 Å². The Morgan fingerprint density at radius 2 is 0.912 bits per heavy atom. The number of carbonyl (C=O) groups excluding carboxylic acids is 2. The Balaban J connectivity index is 3.30. The molecule has 200 valence electrons. The highest BCUT2D eigenvalue weighted by Gasteiger charge is 2.08. The summed E-state index contributed by atoms with van der Waals surface area (Å²) in [5.41, 5.74) is 0. The van der Waals surface area contributed by atoms with Gasteiger partial charge in [-0.15, -0.1) is 0 Å². The van der Waals surface area contributed by atoms with E-state index in [1.165, 1.54) is 57.8 Å². The third-order valence-electron chi connectivity index (χ3n) is 6.23. The van der Waals surface area contributed by atoms with Crippen LogP contribution >= 0.6 is 0 Å². The molecule has 34 heavy (non-hydrogen) atoms. The van der Waals surface area contributed by atoms with Gasteiger partial charge in [-0.05, 0) is 58.8 Å². The smallest absolute Gasteiger partial charge is 0.306 e. The van der Waals surface area contributed by atoms with Gasteiger partial charge in [0.1, 0.15) is 0 Å². The van der Waals surface area contributed by atoms with Crippen LogP contribution in [-0.4, -0.2) is 24.1 Å². The molecule has 0 aliphatic carbocycles. The van der Waals surface area contributed by atoms with Crippen LogP contribution in [0.4, 0.5) is 0 Å². The molecule has 0 aromatic carbocycles. The Morgan fingerprint density at radius 3 is 1.35 bits per heavy atom. The number of carbonyl (C=O) groups is 2. The first-order valence-corrected chi connectivity index (χ1v) is 14.5. The molecule has 4 heteroatoms. The van der Waals surface area contributed by atoms with Crippen LogP contribution < -0.4 is 0 Å². The predicted molar refractivity (Wildman–Crippen MR) is 144 cm³/mol. The van der Waals surface area contributed by atoms with Crippen molar-refractivity contribution in [2.75, 3.05) is 0 Å². The van der Waals surface area contributed by atoms with E-state index in [1.807, 2.05) is 13.8 Å². The normalized spacial score (nSPS) is 13.2. The monoisotopic (exact) mass is 480 g/mol. The summed E-state index contributed by atoms with van der Waals surface area (Å²) in [5.74, 6) is -0.0744. The Morgan fingerprint density at radius 1 is 0.559 bits per heavy atom. The van der Waals surface area contributed by atoms with E-state index >= 15 is 0 Å². The maximum absolute atomic E-state index is 11.7. The minimum Gasteiger partial charge on any atom is -0.463 e. The van der Waals surface area contributed by atoms with E-state index in [4.69, 9.17) is 9.47 Å². The van der Waals surface area contributed by atoms with Crippen molar-refractivity contribution in [2.45, 2.75) is 168 Å². The van der Waals surface area contributed by atoms with Gasteiger partial charge < -0.3 is 9.47 Å². The molecule has 0 N–H and O–H groups in total. The lowest BCUT2D eigenvalue weighted by Gasteiger charge is -2.11. The van der Waals surface area contributed by atoms with Crippen LogP contribution in [-0.2, 0) is 19.1 Å². The Labute approximate surface area is 211 Å². The SMILES string of the molecule is CCCC(C)OC(=O)CCC/C=C/CCCCCCCCCCCCCC(=O)OC(C)CCC. The van der Waals surface area contributed by atoms with Gasteiger partial charge in [-0.25, -0.2) is 0 Å². The molecule has 0 aromatic rings. The summed E-state index contributed by atoms with van der Waals surface area (Å²) in [6.45, 7) is 8.19. The highest BCUT2D eigenvalue weighted by atomic mass is 16.5. The summed E-state index contributed by atoms with van der Waals surface area (Å²) in [7, 11) is 0. The van der Waals surface area contributed by atoms with Crippen LogP contribution in [0.25, 0.3) is 0 Å². The Hall–Kier alpha value is -1.32. The standard InChI is InChI=1S/C30H56O4/c1-5-23-27(3)33-29(31)25-21-19-17-15-13-11-9-7-8-10-12-14-16-18-20-22-26-30(32)34-28(4)24-6-2/h15,17,27-28H,5-14,16,18-26H2,1-4H3/b17-15+. The molecule has 0 bridgehead atoms. The first-order valence-electron chi connectivity index (χ1n) is 14.5. The molecule has 2 atom stereocenters. The van der Waals surface area contributed by atoms with Crippen molar-refractivity contribution in [1.82, 2.24) is 0 Å². The van der Waals surface area contributed by atoms with Gasteiger partial charge in [0, 0.05) is 12.8 Å². The molecule has 0 rings (SSSR count). The van der Waals surface area contributed by atoms with Crippen molar-refractivity contribution in [2.24, 2.45) is 0 Å². The second kappa shape index (κ2) is 24.8. The first kappa shape index (κ1) is 32.7. The summed E-state index contributed by atoms with van der Waals surface area (Å²) in [4.78, 5) is 23.4. The lowest BCUT2D eigenvalue weighted by molar-refractivity contribution is -0.149. The van der Waals surface area contributed by atoms with E-state index in [2.05, 4.69) is 26.0 Å².